The number of H-pyrrole nitrogens is 1. The summed E-state index contributed by atoms with van der Waals surface area (Å²) in [5.74, 6) is 0.279. The number of carbonyl (C=O) groups is 1. The summed E-state index contributed by atoms with van der Waals surface area (Å²) in [7, 11) is 3.22. The number of fused-ring (bicyclic) bond motifs is 1. The average molecular weight is 283 g/mol. The molecular weight excluding hydrogens is 266 g/mol. The molecule has 2 atom stereocenters. The Morgan fingerprint density at radius 3 is 2.81 bits per heavy atom. The molecule has 0 saturated heterocycles. The fraction of sp³-hybridized carbons (Fsp3) is 0.235. The number of para-hydroxylation sites is 1. The highest BCUT2D eigenvalue weighted by atomic mass is 16.5. The molecular formula is C17H17NO3. The van der Waals surface area contributed by atoms with Crippen LogP contribution in [0.1, 0.15) is 5.56 Å². The van der Waals surface area contributed by atoms with E-state index in [1.165, 1.54) is 0 Å². The second-order valence-electron chi connectivity index (χ2n) is 5.02. The third-order valence-corrected chi connectivity index (χ3v) is 4.05. The van der Waals surface area contributed by atoms with Gasteiger partial charge < -0.3 is 19.3 Å². The van der Waals surface area contributed by atoms with Gasteiger partial charge in [-0.1, -0.05) is 24.3 Å². The maximum atomic E-state index is 11.5. The van der Waals surface area contributed by atoms with Crippen molar-refractivity contribution in [2.75, 3.05) is 14.2 Å². The number of aromatic amines is 1. The first-order valence-corrected chi connectivity index (χ1v) is 6.77. The fourth-order valence-electron chi connectivity index (χ4n) is 2.93. The fourth-order valence-corrected chi connectivity index (χ4v) is 2.93. The van der Waals surface area contributed by atoms with E-state index in [1.54, 1.807) is 20.3 Å². The van der Waals surface area contributed by atoms with Crippen molar-refractivity contribution in [2.45, 2.75) is 5.60 Å². The van der Waals surface area contributed by atoms with Gasteiger partial charge in [-0.05, 0) is 18.2 Å². The number of ether oxygens (including phenoxy) is 2. The number of allylic oxidation sites excluding steroid dienone is 1. The van der Waals surface area contributed by atoms with Crippen molar-refractivity contribution in [2.24, 2.45) is 5.92 Å². The zero-order valence-corrected chi connectivity index (χ0v) is 12.0. The minimum atomic E-state index is -0.860. The van der Waals surface area contributed by atoms with Crippen LogP contribution in [0.3, 0.4) is 0 Å². The molecule has 0 saturated carbocycles. The third kappa shape index (κ3) is 1.99. The van der Waals surface area contributed by atoms with E-state index in [9.17, 15) is 4.79 Å². The highest BCUT2D eigenvalue weighted by Gasteiger charge is 2.41. The van der Waals surface area contributed by atoms with Crippen LogP contribution in [0, 0.1) is 5.92 Å². The number of aromatic nitrogens is 1. The lowest BCUT2D eigenvalue weighted by atomic mass is 9.78. The summed E-state index contributed by atoms with van der Waals surface area (Å²) in [6.45, 7) is 0. The minimum absolute atomic E-state index is 0.402. The van der Waals surface area contributed by atoms with Gasteiger partial charge in [0.25, 0.3) is 0 Å². The van der Waals surface area contributed by atoms with Crippen molar-refractivity contribution in [3.05, 3.63) is 60.0 Å². The van der Waals surface area contributed by atoms with Gasteiger partial charge in [0, 0.05) is 29.8 Å². The maximum absolute atomic E-state index is 11.5. The Hall–Kier alpha value is -2.33. The molecule has 0 bridgehead atoms. The van der Waals surface area contributed by atoms with Crippen LogP contribution in [0.2, 0.25) is 0 Å². The Morgan fingerprint density at radius 2 is 2.10 bits per heavy atom. The van der Waals surface area contributed by atoms with E-state index in [2.05, 4.69) is 4.98 Å². The van der Waals surface area contributed by atoms with Crippen molar-refractivity contribution < 1.29 is 14.3 Å². The number of methoxy groups -OCH3 is 2. The Balaban J connectivity index is 2.25. The van der Waals surface area contributed by atoms with Gasteiger partial charge in [-0.2, -0.15) is 0 Å². The first-order valence-electron chi connectivity index (χ1n) is 6.77. The molecule has 2 unspecified atom stereocenters. The summed E-state index contributed by atoms with van der Waals surface area (Å²) in [5.41, 5.74) is 1.08. The number of rotatable bonds is 4. The van der Waals surface area contributed by atoms with Crippen LogP contribution < -0.4 is 0 Å². The molecule has 1 aliphatic rings. The molecule has 0 spiro atoms. The van der Waals surface area contributed by atoms with Crippen LogP contribution in [-0.2, 0) is 19.9 Å². The zero-order chi connectivity index (χ0) is 14.9. The predicted octanol–water partition coefficient (Wildman–Crippen LogP) is 2.92. The van der Waals surface area contributed by atoms with Crippen LogP contribution >= 0.6 is 0 Å². The minimum Gasteiger partial charge on any atom is -0.497 e. The van der Waals surface area contributed by atoms with Crippen molar-refractivity contribution in [3.63, 3.8) is 0 Å². The molecule has 1 heterocycles. The molecule has 1 aromatic heterocycles. The van der Waals surface area contributed by atoms with Gasteiger partial charge in [0.05, 0.1) is 13.0 Å². The summed E-state index contributed by atoms with van der Waals surface area (Å²) < 4.78 is 11.1. The molecule has 108 valence electrons. The zero-order valence-electron chi connectivity index (χ0n) is 12.0. The molecule has 1 aliphatic carbocycles. The smallest absolute Gasteiger partial charge is 0.130 e. The highest BCUT2D eigenvalue weighted by Crippen LogP contribution is 2.42. The number of hydrogen-bond donors (Lipinski definition) is 1. The van der Waals surface area contributed by atoms with Gasteiger partial charge in [0.15, 0.2) is 0 Å². The van der Waals surface area contributed by atoms with Crippen molar-refractivity contribution >= 4 is 17.2 Å². The molecule has 0 radical (unpaired) electrons. The lowest BCUT2D eigenvalue weighted by Crippen LogP contribution is -2.37. The van der Waals surface area contributed by atoms with Gasteiger partial charge in [-0.25, -0.2) is 0 Å². The molecule has 0 aliphatic heterocycles. The molecule has 4 nitrogen and oxygen atoms in total. The number of benzene rings is 1. The first kappa shape index (κ1) is 13.6. The Labute approximate surface area is 123 Å². The number of carbonyl (C=O) groups excluding carboxylic acids is 1. The molecule has 3 rings (SSSR count). The standard InChI is InChI=1S/C17H17NO3/c1-20-13-8-7-12(11-19)17(9-13,21-2)15-10-18-16-6-4-3-5-14(15)16/h3-12,18H,1-2H3. The van der Waals surface area contributed by atoms with Crippen LogP contribution in [0.4, 0.5) is 0 Å². The lowest BCUT2D eigenvalue weighted by molar-refractivity contribution is -0.117. The summed E-state index contributed by atoms with van der Waals surface area (Å²) in [6.07, 6.45) is 8.28. The van der Waals surface area contributed by atoms with Gasteiger partial charge in [0.2, 0.25) is 0 Å². The second-order valence-corrected chi connectivity index (χ2v) is 5.02. The first-order chi connectivity index (χ1) is 10.2. The molecule has 0 amide bonds. The molecule has 1 N–H and O–H groups in total. The highest BCUT2D eigenvalue weighted by molar-refractivity contribution is 5.85. The largest absolute Gasteiger partial charge is 0.497 e. The molecule has 1 aromatic carbocycles. The van der Waals surface area contributed by atoms with Crippen LogP contribution in [0.15, 0.2) is 54.4 Å². The lowest BCUT2D eigenvalue weighted by Gasteiger charge is -2.35. The van der Waals surface area contributed by atoms with Crippen molar-refractivity contribution in [3.8, 4) is 0 Å². The maximum Gasteiger partial charge on any atom is 0.130 e. The average Bonchev–Trinajstić information content (AvgIpc) is 2.98. The summed E-state index contributed by atoms with van der Waals surface area (Å²) >= 11 is 0. The second kappa shape index (κ2) is 5.22. The Morgan fingerprint density at radius 1 is 1.29 bits per heavy atom. The Kier molecular flexibility index (Phi) is 3.39. The third-order valence-electron chi connectivity index (χ3n) is 4.05. The van der Waals surface area contributed by atoms with Gasteiger partial charge in [0.1, 0.15) is 17.6 Å². The van der Waals surface area contributed by atoms with E-state index >= 15 is 0 Å². The topological polar surface area (TPSA) is 51.3 Å². The van der Waals surface area contributed by atoms with E-state index in [0.29, 0.717) is 5.76 Å². The van der Waals surface area contributed by atoms with Crippen molar-refractivity contribution in [1.29, 1.82) is 0 Å². The normalized spacial score (nSPS) is 24.9. The van der Waals surface area contributed by atoms with Gasteiger partial charge in [-0.15, -0.1) is 0 Å². The summed E-state index contributed by atoms with van der Waals surface area (Å²) in [6, 6.07) is 7.95. The monoisotopic (exact) mass is 283 g/mol. The van der Waals surface area contributed by atoms with E-state index < -0.39 is 11.5 Å². The van der Waals surface area contributed by atoms with Crippen LogP contribution in [-0.4, -0.2) is 25.5 Å². The van der Waals surface area contributed by atoms with E-state index in [1.807, 2.05) is 42.6 Å². The molecule has 0 fully saturated rings. The van der Waals surface area contributed by atoms with Crippen LogP contribution in [0.5, 0.6) is 0 Å². The predicted molar refractivity (Wildman–Crippen MR) is 80.8 cm³/mol. The number of aldehydes is 1. The number of hydrogen-bond acceptors (Lipinski definition) is 3. The van der Waals surface area contributed by atoms with Crippen LogP contribution in [0.25, 0.3) is 10.9 Å². The quantitative estimate of drug-likeness (QED) is 0.878. The molecule has 2 aromatic rings. The van der Waals surface area contributed by atoms with E-state index in [0.717, 1.165) is 22.8 Å². The van der Waals surface area contributed by atoms with E-state index in [4.69, 9.17) is 9.47 Å². The molecule has 4 heteroatoms. The summed E-state index contributed by atoms with van der Waals surface area (Å²) in [4.78, 5) is 14.8. The molecule has 21 heavy (non-hydrogen) atoms. The number of nitrogens with one attached hydrogen (secondary N) is 1. The van der Waals surface area contributed by atoms with Gasteiger partial charge in [-0.3, -0.25) is 0 Å². The SMILES string of the molecule is COC1=CC(OC)(c2c[nH]c3ccccc23)C(C=O)C=C1. The van der Waals surface area contributed by atoms with E-state index in [-0.39, 0.29) is 0 Å². The summed E-state index contributed by atoms with van der Waals surface area (Å²) in [5, 5.41) is 1.04. The van der Waals surface area contributed by atoms with Crippen molar-refractivity contribution in [1.82, 2.24) is 4.98 Å². The Bertz CT molecular complexity index is 728. The van der Waals surface area contributed by atoms with Gasteiger partial charge >= 0.3 is 0 Å².